The minimum Gasteiger partial charge on any atom is -0.293 e. The van der Waals surface area contributed by atoms with Crippen molar-refractivity contribution in [3.8, 4) is 0 Å². The van der Waals surface area contributed by atoms with Crippen LogP contribution in [0.5, 0.6) is 0 Å². The zero-order valence-corrected chi connectivity index (χ0v) is 12.2. The van der Waals surface area contributed by atoms with Crippen LogP contribution in [0.1, 0.15) is 59.2 Å². The molecule has 21 heavy (non-hydrogen) atoms. The summed E-state index contributed by atoms with van der Waals surface area (Å²) >= 11 is 0. The third-order valence-corrected chi connectivity index (χ3v) is 6.68. The molecule has 4 saturated carbocycles. The monoisotopic (exact) mass is 280 g/mol. The molecule has 1 aromatic carbocycles. The van der Waals surface area contributed by atoms with Crippen molar-refractivity contribution in [3.63, 3.8) is 0 Å². The van der Waals surface area contributed by atoms with E-state index in [-0.39, 0.29) is 22.9 Å². The zero-order chi connectivity index (χ0) is 14.2. The van der Waals surface area contributed by atoms with Crippen LogP contribution in [-0.4, -0.2) is 11.6 Å². The summed E-state index contributed by atoms with van der Waals surface area (Å²) in [5.74, 6) is 2.22. The number of benzene rings is 1. The molecule has 0 aliphatic heterocycles. The standard InChI is InChI=1S/C19H20O2/c20-17-14-3-1-2-4-15(14)18(21)16(17)19-8-11-5-12(9-19)7-13(6-11)10-19/h1-4,11-13,16H,5-10H2. The van der Waals surface area contributed by atoms with Gasteiger partial charge in [0.15, 0.2) is 11.6 Å². The molecule has 0 radical (unpaired) electrons. The lowest BCUT2D eigenvalue weighted by Crippen LogP contribution is -2.52. The third kappa shape index (κ3) is 1.48. The van der Waals surface area contributed by atoms with E-state index in [1.165, 1.54) is 19.3 Å². The smallest absolute Gasteiger partial charge is 0.174 e. The largest absolute Gasteiger partial charge is 0.293 e. The first-order valence-corrected chi connectivity index (χ1v) is 8.34. The van der Waals surface area contributed by atoms with Crippen molar-refractivity contribution in [2.24, 2.45) is 29.1 Å². The average molecular weight is 280 g/mol. The summed E-state index contributed by atoms with van der Waals surface area (Å²) in [6.07, 6.45) is 7.41. The molecule has 0 N–H and O–H groups in total. The van der Waals surface area contributed by atoms with Crippen molar-refractivity contribution < 1.29 is 9.59 Å². The van der Waals surface area contributed by atoms with Crippen molar-refractivity contribution in [3.05, 3.63) is 35.4 Å². The Morgan fingerprint density at radius 3 is 1.62 bits per heavy atom. The normalized spacial score (nSPS) is 40.9. The van der Waals surface area contributed by atoms with Crippen molar-refractivity contribution in [2.75, 3.05) is 0 Å². The Hall–Kier alpha value is -1.44. The van der Waals surface area contributed by atoms with Gasteiger partial charge in [-0.3, -0.25) is 9.59 Å². The SMILES string of the molecule is O=C1c2ccccc2C(=O)C1C12CC3CC(CC(C3)C1)C2. The number of rotatable bonds is 1. The molecule has 2 nitrogen and oxygen atoms in total. The van der Waals surface area contributed by atoms with Gasteiger partial charge >= 0.3 is 0 Å². The minimum atomic E-state index is -0.358. The van der Waals surface area contributed by atoms with Gasteiger partial charge in [0.25, 0.3) is 0 Å². The van der Waals surface area contributed by atoms with Crippen LogP contribution >= 0.6 is 0 Å². The van der Waals surface area contributed by atoms with E-state index in [0.717, 1.165) is 37.0 Å². The van der Waals surface area contributed by atoms with Crippen LogP contribution in [0.3, 0.4) is 0 Å². The van der Waals surface area contributed by atoms with Gasteiger partial charge in [-0.1, -0.05) is 24.3 Å². The predicted octanol–water partition coefficient (Wildman–Crippen LogP) is 3.90. The molecule has 0 unspecified atom stereocenters. The Morgan fingerprint density at radius 2 is 1.19 bits per heavy atom. The predicted molar refractivity (Wildman–Crippen MR) is 79.2 cm³/mol. The highest BCUT2D eigenvalue weighted by Crippen LogP contribution is 2.64. The zero-order valence-electron chi connectivity index (χ0n) is 12.2. The molecule has 6 rings (SSSR count). The number of carbonyl (C=O) groups is 2. The first kappa shape index (κ1) is 12.1. The van der Waals surface area contributed by atoms with Crippen molar-refractivity contribution in [2.45, 2.75) is 38.5 Å². The fraction of sp³-hybridized carbons (Fsp3) is 0.579. The fourth-order valence-electron chi connectivity index (χ4n) is 6.43. The Balaban J connectivity index is 1.60. The van der Waals surface area contributed by atoms with E-state index in [9.17, 15) is 9.59 Å². The van der Waals surface area contributed by atoms with Crippen LogP contribution in [0.25, 0.3) is 0 Å². The van der Waals surface area contributed by atoms with E-state index in [1.54, 1.807) is 0 Å². The number of carbonyl (C=O) groups excluding carboxylic acids is 2. The first-order chi connectivity index (χ1) is 10.2. The number of hydrogen-bond donors (Lipinski definition) is 0. The van der Waals surface area contributed by atoms with Crippen LogP contribution < -0.4 is 0 Å². The molecule has 5 aliphatic carbocycles. The lowest BCUT2D eigenvalue weighted by Gasteiger charge is -2.58. The molecule has 0 spiro atoms. The lowest BCUT2D eigenvalue weighted by molar-refractivity contribution is -0.0699. The van der Waals surface area contributed by atoms with Gasteiger partial charge < -0.3 is 0 Å². The first-order valence-electron chi connectivity index (χ1n) is 8.34. The quantitative estimate of drug-likeness (QED) is 0.731. The second-order valence-electron chi connectivity index (χ2n) is 7.99. The highest BCUT2D eigenvalue weighted by atomic mass is 16.2. The van der Waals surface area contributed by atoms with E-state index in [4.69, 9.17) is 0 Å². The maximum atomic E-state index is 12.9. The molecule has 1 aromatic rings. The highest BCUT2D eigenvalue weighted by molar-refractivity contribution is 6.26. The Kier molecular flexibility index (Phi) is 2.22. The summed E-state index contributed by atoms with van der Waals surface area (Å²) in [6.45, 7) is 0. The number of ketones is 2. The van der Waals surface area contributed by atoms with E-state index < -0.39 is 0 Å². The maximum absolute atomic E-state index is 12.9. The van der Waals surface area contributed by atoms with Gasteiger partial charge in [-0.25, -0.2) is 0 Å². The molecule has 0 amide bonds. The van der Waals surface area contributed by atoms with Gasteiger partial charge in [-0.05, 0) is 61.7 Å². The molecule has 0 heterocycles. The van der Waals surface area contributed by atoms with Crippen molar-refractivity contribution >= 4 is 11.6 Å². The molecule has 2 heteroatoms. The Labute approximate surface area is 124 Å². The van der Waals surface area contributed by atoms with Crippen molar-refractivity contribution in [1.82, 2.24) is 0 Å². The summed E-state index contributed by atoms with van der Waals surface area (Å²) in [5, 5.41) is 0. The summed E-state index contributed by atoms with van der Waals surface area (Å²) in [6, 6.07) is 7.45. The van der Waals surface area contributed by atoms with Gasteiger partial charge in [0.05, 0.1) is 5.92 Å². The lowest BCUT2D eigenvalue weighted by atomic mass is 9.46. The van der Waals surface area contributed by atoms with E-state index >= 15 is 0 Å². The fourth-order valence-corrected chi connectivity index (χ4v) is 6.43. The van der Waals surface area contributed by atoms with Crippen molar-refractivity contribution in [1.29, 1.82) is 0 Å². The van der Waals surface area contributed by atoms with Gasteiger partial charge in [0.1, 0.15) is 0 Å². The van der Waals surface area contributed by atoms with Gasteiger partial charge in [-0.15, -0.1) is 0 Å². The Morgan fingerprint density at radius 1 is 0.762 bits per heavy atom. The average Bonchev–Trinajstić information content (AvgIpc) is 2.70. The molecular formula is C19H20O2. The van der Waals surface area contributed by atoms with E-state index in [0.29, 0.717) is 11.1 Å². The summed E-state index contributed by atoms with van der Waals surface area (Å²) in [4.78, 5) is 25.8. The van der Waals surface area contributed by atoms with Crippen LogP contribution in [0.2, 0.25) is 0 Å². The third-order valence-electron chi connectivity index (χ3n) is 6.68. The molecule has 108 valence electrons. The summed E-state index contributed by atoms with van der Waals surface area (Å²) in [7, 11) is 0. The molecular weight excluding hydrogens is 260 g/mol. The van der Waals surface area contributed by atoms with Gasteiger partial charge in [0.2, 0.25) is 0 Å². The Bertz CT molecular complexity index is 587. The van der Waals surface area contributed by atoms with E-state index in [2.05, 4.69) is 0 Å². The molecule has 0 atom stereocenters. The molecule has 0 saturated heterocycles. The molecule has 0 aromatic heterocycles. The van der Waals surface area contributed by atoms with Crippen LogP contribution in [0.15, 0.2) is 24.3 Å². The van der Waals surface area contributed by atoms with Crippen LogP contribution in [-0.2, 0) is 0 Å². The summed E-state index contributed by atoms with van der Waals surface area (Å²) in [5.41, 5.74) is 1.37. The molecule has 4 bridgehead atoms. The summed E-state index contributed by atoms with van der Waals surface area (Å²) < 4.78 is 0. The second kappa shape index (κ2) is 3.85. The minimum absolute atomic E-state index is 0.00192. The number of fused-ring (bicyclic) bond motifs is 1. The molecule has 5 aliphatic rings. The maximum Gasteiger partial charge on any atom is 0.174 e. The van der Waals surface area contributed by atoms with Crippen LogP contribution in [0.4, 0.5) is 0 Å². The van der Waals surface area contributed by atoms with Crippen LogP contribution in [0, 0.1) is 29.1 Å². The van der Waals surface area contributed by atoms with Gasteiger partial charge in [0, 0.05) is 11.1 Å². The number of hydrogen-bond acceptors (Lipinski definition) is 2. The second-order valence-corrected chi connectivity index (χ2v) is 7.99. The van der Waals surface area contributed by atoms with E-state index in [1.807, 2.05) is 24.3 Å². The number of Topliss-reactive ketones (excluding diaryl/α,β-unsaturated/α-hetero) is 2. The molecule has 4 fully saturated rings. The highest BCUT2D eigenvalue weighted by Gasteiger charge is 2.59. The van der Waals surface area contributed by atoms with Gasteiger partial charge in [-0.2, -0.15) is 0 Å². The topological polar surface area (TPSA) is 34.1 Å².